The van der Waals surface area contributed by atoms with Gasteiger partial charge >= 0.3 is 0 Å². The average Bonchev–Trinajstić information content (AvgIpc) is 2.79. The molecule has 2 aliphatic rings. The van der Waals surface area contributed by atoms with Gasteiger partial charge in [0, 0.05) is 34.9 Å². The molecule has 2 fully saturated rings. The number of likely N-dealkylation sites (tertiary alicyclic amines) is 1. The zero-order chi connectivity index (χ0) is 18.7. The van der Waals surface area contributed by atoms with Crippen molar-refractivity contribution < 1.29 is 9.64 Å². The Labute approximate surface area is 155 Å². The zero-order valence-electron chi connectivity index (χ0n) is 16.7. The minimum atomic E-state index is 0.161. The molecule has 1 saturated heterocycles. The van der Waals surface area contributed by atoms with Gasteiger partial charge in [-0.3, -0.25) is 4.79 Å². The van der Waals surface area contributed by atoms with Gasteiger partial charge in [-0.1, -0.05) is 20.8 Å². The molecule has 2 N–H and O–H groups in total. The number of nitrogens with one attached hydrogen (secondary N) is 2. The van der Waals surface area contributed by atoms with Gasteiger partial charge in [-0.05, 0) is 37.0 Å². The van der Waals surface area contributed by atoms with Crippen LogP contribution < -0.4 is 15.1 Å². The summed E-state index contributed by atoms with van der Waals surface area (Å²) in [6.45, 7) is 11.3. The van der Waals surface area contributed by atoms with Crippen LogP contribution in [0.1, 0.15) is 51.3 Å². The standard InChI is InChI=1S/C22H30N2O2/c1-14-18(20(25)17-8-16(26-5)6-7-19(17)23-14)11-24-13-22(4)10-15(24)9-21(2,3)12-22/h6-8,15H,9-13H2,1-5H3,(H,23,25)/p+1/t15-,22-/m0/s1. The van der Waals surface area contributed by atoms with E-state index in [1.807, 2.05) is 25.1 Å². The number of methoxy groups -OCH3 is 1. The number of hydrogen-bond donors (Lipinski definition) is 2. The van der Waals surface area contributed by atoms with E-state index in [9.17, 15) is 4.79 Å². The number of quaternary nitrogens is 1. The van der Waals surface area contributed by atoms with Crippen molar-refractivity contribution in [2.45, 2.75) is 59.5 Å². The molecule has 2 aromatic rings. The van der Waals surface area contributed by atoms with Crippen LogP contribution >= 0.6 is 0 Å². The van der Waals surface area contributed by atoms with E-state index in [-0.39, 0.29) is 5.43 Å². The summed E-state index contributed by atoms with van der Waals surface area (Å²) in [5, 5.41) is 0.734. The van der Waals surface area contributed by atoms with Crippen LogP contribution in [0.25, 0.3) is 10.9 Å². The molecule has 4 nitrogen and oxygen atoms in total. The van der Waals surface area contributed by atoms with Crippen molar-refractivity contribution >= 4 is 10.9 Å². The number of fused-ring (bicyclic) bond motifs is 3. The molecule has 1 saturated carbocycles. The molecule has 0 amide bonds. The molecule has 140 valence electrons. The van der Waals surface area contributed by atoms with Gasteiger partial charge in [-0.15, -0.1) is 0 Å². The molecule has 1 aromatic heterocycles. The smallest absolute Gasteiger partial charge is 0.198 e. The number of aromatic amines is 1. The molecule has 1 unspecified atom stereocenters. The van der Waals surface area contributed by atoms with Gasteiger partial charge in [0.25, 0.3) is 0 Å². The molecule has 2 heterocycles. The van der Waals surface area contributed by atoms with Gasteiger partial charge in [-0.2, -0.15) is 0 Å². The third-order valence-corrected chi connectivity index (χ3v) is 6.60. The number of hydrogen-bond acceptors (Lipinski definition) is 2. The van der Waals surface area contributed by atoms with Gasteiger partial charge in [0.2, 0.25) is 0 Å². The highest BCUT2D eigenvalue weighted by Crippen LogP contribution is 2.47. The van der Waals surface area contributed by atoms with Gasteiger partial charge in [0.1, 0.15) is 12.3 Å². The van der Waals surface area contributed by atoms with E-state index in [0.29, 0.717) is 16.9 Å². The summed E-state index contributed by atoms with van der Waals surface area (Å²) in [6.07, 6.45) is 3.85. The van der Waals surface area contributed by atoms with Crippen molar-refractivity contribution in [2.24, 2.45) is 10.8 Å². The number of pyridine rings is 1. The maximum atomic E-state index is 13.2. The lowest BCUT2D eigenvalue weighted by Crippen LogP contribution is -3.12. The van der Waals surface area contributed by atoms with Crippen LogP contribution in [0, 0.1) is 17.8 Å². The number of ether oxygens (including phenoxy) is 1. The average molecular weight is 356 g/mol. The maximum Gasteiger partial charge on any atom is 0.198 e. The molecule has 4 heteroatoms. The van der Waals surface area contributed by atoms with E-state index in [1.165, 1.54) is 25.8 Å². The highest BCUT2D eigenvalue weighted by molar-refractivity contribution is 5.81. The summed E-state index contributed by atoms with van der Waals surface area (Å²) in [5.41, 5.74) is 3.83. The largest absolute Gasteiger partial charge is 0.497 e. The molecule has 1 aromatic carbocycles. The van der Waals surface area contributed by atoms with Crippen LogP contribution in [0.15, 0.2) is 23.0 Å². The lowest BCUT2D eigenvalue weighted by Gasteiger charge is -2.37. The second-order valence-corrected chi connectivity index (χ2v) is 9.74. The first-order valence-electron chi connectivity index (χ1n) is 9.74. The van der Waals surface area contributed by atoms with E-state index in [1.54, 1.807) is 12.0 Å². The number of rotatable bonds is 3. The Hall–Kier alpha value is -1.81. The Kier molecular flexibility index (Phi) is 3.96. The predicted octanol–water partition coefficient (Wildman–Crippen LogP) is 2.83. The number of aryl methyl sites for hydroxylation is 1. The van der Waals surface area contributed by atoms with Crippen LogP contribution in [0.2, 0.25) is 0 Å². The maximum absolute atomic E-state index is 13.2. The monoisotopic (exact) mass is 355 g/mol. The van der Waals surface area contributed by atoms with Crippen LogP contribution in [-0.4, -0.2) is 24.7 Å². The molecule has 26 heavy (non-hydrogen) atoms. The van der Waals surface area contributed by atoms with E-state index < -0.39 is 0 Å². The number of aromatic nitrogens is 1. The molecule has 0 spiro atoms. The molecule has 4 rings (SSSR count). The fraction of sp³-hybridized carbons (Fsp3) is 0.591. The summed E-state index contributed by atoms with van der Waals surface area (Å²) in [7, 11) is 1.64. The Morgan fingerprint density at radius 3 is 2.77 bits per heavy atom. The molecular weight excluding hydrogens is 324 g/mol. The van der Waals surface area contributed by atoms with Gasteiger partial charge in [0.15, 0.2) is 5.43 Å². The second kappa shape index (κ2) is 5.85. The van der Waals surface area contributed by atoms with E-state index in [4.69, 9.17) is 4.74 Å². The molecule has 1 aliphatic carbocycles. The van der Waals surface area contributed by atoms with E-state index >= 15 is 0 Å². The van der Waals surface area contributed by atoms with Crippen LogP contribution in [0.3, 0.4) is 0 Å². The first-order chi connectivity index (χ1) is 12.2. The molecule has 3 atom stereocenters. The third kappa shape index (κ3) is 2.94. The second-order valence-electron chi connectivity index (χ2n) is 9.74. The summed E-state index contributed by atoms with van der Waals surface area (Å²) >= 11 is 0. The fourth-order valence-electron chi connectivity index (χ4n) is 5.95. The summed E-state index contributed by atoms with van der Waals surface area (Å²) in [4.78, 5) is 18.2. The van der Waals surface area contributed by atoms with Gasteiger partial charge < -0.3 is 14.6 Å². The Bertz CT molecular complexity index is 914. The lowest BCUT2D eigenvalue weighted by atomic mass is 9.65. The fourth-order valence-corrected chi connectivity index (χ4v) is 5.95. The molecular formula is C22H31N2O2+. The number of benzene rings is 1. The minimum Gasteiger partial charge on any atom is -0.497 e. The van der Waals surface area contributed by atoms with Crippen molar-refractivity contribution in [1.29, 1.82) is 0 Å². The Morgan fingerprint density at radius 2 is 2.04 bits per heavy atom. The van der Waals surface area contributed by atoms with Crippen molar-refractivity contribution in [2.75, 3.05) is 13.7 Å². The molecule has 0 radical (unpaired) electrons. The quantitative estimate of drug-likeness (QED) is 0.889. The van der Waals surface area contributed by atoms with Gasteiger partial charge in [-0.25, -0.2) is 0 Å². The predicted molar refractivity (Wildman–Crippen MR) is 105 cm³/mol. The van der Waals surface area contributed by atoms with Crippen molar-refractivity contribution in [1.82, 2.24) is 4.98 Å². The van der Waals surface area contributed by atoms with Crippen molar-refractivity contribution in [3.63, 3.8) is 0 Å². The third-order valence-electron chi connectivity index (χ3n) is 6.60. The normalized spacial score (nSPS) is 29.9. The van der Waals surface area contributed by atoms with E-state index in [2.05, 4.69) is 25.8 Å². The van der Waals surface area contributed by atoms with Gasteiger partial charge in [0.05, 0.1) is 25.3 Å². The lowest BCUT2D eigenvalue weighted by molar-refractivity contribution is -0.928. The number of H-pyrrole nitrogens is 1. The SMILES string of the molecule is COc1ccc2[nH]c(C)c(C[NH+]3C[C@@]4(C)C[C@@H]3CC(C)(C)C4)c(=O)c2c1. The Morgan fingerprint density at radius 1 is 1.27 bits per heavy atom. The first kappa shape index (κ1) is 17.6. The summed E-state index contributed by atoms with van der Waals surface area (Å²) in [6, 6.07) is 6.36. The summed E-state index contributed by atoms with van der Waals surface area (Å²) in [5.74, 6) is 0.733. The Balaban J connectivity index is 1.71. The molecule has 1 aliphatic heterocycles. The highest BCUT2D eigenvalue weighted by atomic mass is 16.5. The first-order valence-corrected chi connectivity index (χ1v) is 9.74. The van der Waals surface area contributed by atoms with E-state index in [0.717, 1.165) is 34.5 Å². The summed E-state index contributed by atoms with van der Waals surface area (Å²) < 4.78 is 5.32. The van der Waals surface area contributed by atoms with Crippen LogP contribution in [-0.2, 0) is 6.54 Å². The van der Waals surface area contributed by atoms with Crippen LogP contribution in [0.4, 0.5) is 0 Å². The molecule has 2 bridgehead atoms. The topological polar surface area (TPSA) is 46.5 Å². The minimum absolute atomic E-state index is 0.161. The van der Waals surface area contributed by atoms with Crippen molar-refractivity contribution in [3.05, 3.63) is 39.7 Å². The van der Waals surface area contributed by atoms with Crippen LogP contribution in [0.5, 0.6) is 5.75 Å². The highest BCUT2D eigenvalue weighted by Gasteiger charge is 2.52. The van der Waals surface area contributed by atoms with Crippen molar-refractivity contribution in [3.8, 4) is 5.75 Å². The zero-order valence-corrected chi connectivity index (χ0v) is 16.7.